The standard InChI is InChI=1S/C10H8BrClO/c11-8-2-1-3-9(12)10(8)7-4-6(7)5-13/h1-3,5-7H,4H2/t6-,7+/m0/s1. The van der Waals surface area contributed by atoms with Crippen LogP contribution in [0.1, 0.15) is 17.9 Å². The molecule has 0 spiro atoms. The summed E-state index contributed by atoms with van der Waals surface area (Å²) in [5.41, 5.74) is 1.08. The first kappa shape index (κ1) is 9.22. The summed E-state index contributed by atoms with van der Waals surface area (Å²) in [6, 6.07) is 5.72. The summed E-state index contributed by atoms with van der Waals surface area (Å²) in [7, 11) is 0. The van der Waals surface area contributed by atoms with Gasteiger partial charge in [0.2, 0.25) is 0 Å². The van der Waals surface area contributed by atoms with E-state index in [1.54, 1.807) is 0 Å². The van der Waals surface area contributed by atoms with Gasteiger partial charge in [-0.1, -0.05) is 33.6 Å². The number of benzene rings is 1. The number of hydrogen-bond acceptors (Lipinski definition) is 1. The van der Waals surface area contributed by atoms with Crippen molar-refractivity contribution in [3.05, 3.63) is 33.3 Å². The molecule has 2 atom stereocenters. The van der Waals surface area contributed by atoms with Gasteiger partial charge in [0.15, 0.2) is 0 Å². The Kier molecular flexibility index (Phi) is 2.43. The van der Waals surface area contributed by atoms with Gasteiger partial charge in [-0.3, -0.25) is 0 Å². The monoisotopic (exact) mass is 258 g/mol. The summed E-state index contributed by atoms with van der Waals surface area (Å²) >= 11 is 9.48. The molecule has 1 aromatic rings. The molecule has 1 nitrogen and oxygen atoms in total. The van der Waals surface area contributed by atoms with E-state index in [4.69, 9.17) is 11.6 Å². The molecular formula is C10H8BrClO. The van der Waals surface area contributed by atoms with Crippen molar-refractivity contribution >= 4 is 33.8 Å². The molecule has 1 aliphatic rings. The highest BCUT2D eigenvalue weighted by Gasteiger charge is 2.40. The Balaban J connectivity index is 2.35. The van der Waals surface area contributed by atoms with Crippen molar-refractivity contribution in [3.8, 4) is 0 Å². The predicted octanol–water partition coefficient (Wildman–Crippen LogP) is 3.40. The Hall–Kier alpha value is -0.340. The average molecular weight is 260 g/mol. The smallest absolute Gasteiger partial charge is 0.123 e. The van der Waals surface area contributed by atoms with Crippen LogP contribution < -0.4 is 0 Å². The maximum atomic E-state index is 10.5. The quantitative estimate of drug-likeness (QED) is 0.744. The van der Waals surface area contributed by atoms with Gasteiger partial charge < -0.3 is 4.79 Å². The molecule has 2 rings (SSSR count). The van der Waals surface area contributed by atoms with Crippen LogP contribution in [0.3, 0.4) is 0 Å². The van der Waals surface area contributed by atoms with E-state index in [1.165, 1.54) is 0 Å². The van der Waals surface area contributed by atoms with Crippen molar-refractivity contribution in [1.82, 2.24) is 0 Å². The fourth-order valence-electron chi connectivity index (χ4n) is 1.56. The third-order valence-electron chi connectivity index (χ3n) is 2.39. The highest BCUT2D eigenvalue weighted by Crippen LogP contribution is 2.50. The van der Waals surface area contributed by atoms with Gasteiger partial charge in [-0.15, -0.1) is 0 Å². The van der Waals surface area contributed by atoms with Gasteiger partial charge in [0.1, 0.15) is 6.29 Å². The second kappa shape index (κ2) is 3.43. The van der Waals surface area contributed by atoms with E-state index >= 15 is 0 Å². The maximum absolute atomic E-state index is 10.5. The predicted molar refractivity (Wildman–Crippen MR) is 56.1 cm³/mol. The van der Waals surface area contributed by atoms with E-state index < -0.39 is 0 Å². The van der Waals surface area contributed by atoms with E-state index in [0.29, 0.717) is 5.92 Å². The van der Waals surface area contributed by atoms with Crippen LogP contribution in [0.25, 0.3) is 0 Å². The van der Waals surface area contributed by atoms with E-state index in [9.17, 15) is 4.79 Å². The van der Waals surface area contributed by atoms with E-state index in [0.717, 1.165) is 27.8 Å². The number of rotatable bonds is 2. The van der Waals surface area contributed by atoms with Gasteiger partial charge in [0.05, 0.1) is 0 Å². The molecule has 3 heteroatoms. The van der Waals surface area contributed by atoms with Gasteiger partial charge in [-0.25, -0.2) is 0 Å². The molecule has 1 saturated carbocycles. The van der Waals surface area contributed by atoms with Crippen LogP contribution in [0.4, 0.5) is 0 Å². The first-order chi connectivity index (χ1) is 6.24. The lowest BCUT2D eigenvalue weighted by Gasteiger charge is -2.04. The molecule has 0 aromatic heterocycles. The van der Waals surface area contributed by atoms with Gasteiger partial charge >= 0.3 is 0 Å². The molecule has 0 N–H and O–H groups in total. The third kappa shape index (κ3) is 1.65. The van der Waals surface area contributed by atoms with Crippen molar-refractivity contribution in [2.24, 2.45) is 5.92 Å². The molecule has 68 valence electrons. The fourth-order valence-corrected chi connectivity index (χ4v) is 2.65. The van der Waals surface area contributed by atoms with E-state index in [1.807, 2.05) is 18.2 Å². The maximum Gasteiger partial charge on any atom is 0.123 e. The Morgan fingerprint density at radius 3 is 2.85 bits per heavy atom. The van der Waals surface area contributed by atoms with Gasteiger partial charge in [-0.05, 0) is 30.0 Å². The van der Waals surface area contributed by atoms with E-state index in [2.05, 4.69) is 15.9 Å². The highest BCUT2D eigenvalue weighted by atomic mass is 79.9. The fraction of sp³-hybridized carbons (Fsp3) is 0.300. The number of aldehydes is 1. The lowest BCUT2D eigenvalue weighted by Crippen LogP contribution is -1.87. The van der Waals surface area contributed by atoms with Crippen LogP contribution in [0.15, 0.2) is 22.7 Å². The van der Waals surface area contributed by atoms with Crippen LogP contribution in [0.2, 0.25) is 5.02 Å². The summed E-state index contributed by atoms with van der Waals surface area (Å²) in [5.74, 6) is 0.511. The zero-order valence-corrected chi connectivity index (χ0v) is 9.18. The minimum atomic E-state index is 0.177. The minimum Gasteiger partial charge on any atom is -0.303 e. The molecule has 1 aliphatic carbocycles. The topological polar surface area (TPSA) is 17.1 Å². The first-order valence-electron chi connectivity index (χ1n) is 4.13. The van der Waals surface area contributed by atoms with Crippen molar-refractivity contribution in [1.29, 1.82) is 0 Å². The molecule has 0 unspecified atom stereocenters. The van der Waals surface area contributed by atoms with Crippen LogP contribution in [0, 0.1) is 5.92 Å². The summed E-state index contributed by atoms with van der Waals surface area (Å²) < 4.78 is 1.01. The Labute approximate surface area is 90.2 Å². The zero-order valence-electron chi connectivity index (χ0n) is 6.84. The van der Waals surface area contributed by atoms with Crippen molar-refractivity contribution in [3.63, 3.8) is 0 Å². The summed E-state index contributed by atoms with van der Waals surface area (Å²) in [5, 5.41) is 0.753. The Morgan fingerprint density at radius 1 is 1.54 bits per heavy atom. The van der Waals surface area contributed by atoms with Crippen molar-refractivity contribution in [2.75, 3.05) is 0 Å². The number of hydrogen-bond donors (Lipinski definition) is 0. The molecule has 1 aromatic carbocycles. The van der Waals surface area contributed by atoms with Crippen LogP contribution in [-0.2, 0) is 4.79 Å². The SMILES string of the molecule is O=C[C@@H]1C[C@H]1c1c(Cl)cccc1Br. The molecular weight excluding hydrogens is 251 g/mol. The van der Waals surface area contributed by atoms with Gasteiger partial charge in [-0.2, -0.15) is 0 Å². The van der Waals surface area contributed by atoms with Crippen LogP contribution in [-0.4, -0.2) is 6.29 Å². The van der Waals surface area contributed by atoms with E-state index in [-0.39, 0.29) is 5.92 Å². The summed E-state index contributed by atoms with van der Waals surface area (Å²) in [6.45, 7) is 0. The van der Waals surface area contributed by atoms with Crippen LogP contribution >= 0.6 is 27.5 Å². The van der Waals surface area contributed by atoms with Gasteiger partial charge in [0.25, 0.3) is 0 Å². The molecule has 1 fully saturated rings. The first-order valence-corrected chi connectivity index (χ1v) is 5.30. The number of carbonyl (C=O) groups excluding carboxylic acids is 1. The molecule has 0 radical (unpaired) electrons. The lowest BCUT2D eigenvalue weighted by molar-refractivity contribution is -0.108. The molecule has 0 heterocycles. The Morgan fingerprint density at radius 2 is 2.31 bits per heavy atom. The number of halogens is 2. The zero-order chi connectivity index (χ0) is 9.42. The minimum absolute atomic E-state index is 0.177. The number of carbonyl (C=O) groups is 1. The second-order valence-electron chi connectivity index (χ2n) is 3.28. The van der Waals surface area contributed by atoms with Gasteiger partial charge in [0, 0.05) is 15.4 Å². The molecule has 0 aliphatic heterocycles. The highest BCUT2D eigenvalue weighted by molar-refractivity contribution is 9.10. The lowest BCUT2D eigenvalue weighted by atomic mass is 10.1. The second-order valence-corrected chi connectivity index (χ2v) is 4.54. The summed E-state index contributed by atoms with van der Waals surface area (Å²) in [6.07, 6.45) is 1.95. The summed E-state index contributed by atoms with van der Waals surface area (Å²) in [4.78, 5) is 10.5. The molecule has 0 bridgehead atoms. The van der Waals surface area contributed by atoms with Crippen molar-refractivity contribution < 1.29 is 4.79 Å². The third-order valence-corrected chi connectivity index (χ3v) is 3.41. The molecule has 13 heavy (non-hydrogen) atoms. The molecule has 0 saturated heterocycles. The average Bonchev–Trinajstić information content (AvgIpc) is 2.83. The Bertz CT molecular complexity index is 331. The van der Waals surface area contributed by atoms with Crippen LogP contribution in [0.5, 0.6) is 0 Å². The normalized spacial score (nSPS) is 25.7. The molecule has 0 amide bonds. The van der Waals surface area contributed by atoms with Crippen molar-refractivity contribution in [2.45, 2.75) is 12.3 Å². The largest absolute Gasteiger partial charge is 0.303 e.